The zero-order valence-corrected chi connectivity index (χ0v) is 19.4. The Bertz CT molecular complexity index is 628. The average Bonchev–Trinajstić information content (AvgIpc) is 2.84. The van der Waals surface area contributed by atoms with E-state index in [1.165, 1.54) is 5.69 Å². The topological polar surface area (TPSA) is 61.4 Å². The van der Waals surface area contributed by atoms with E-state index in [1.807, 2.05) is 7.05 Å². The molecule has 1 atom stereocenters. The molecule has 0 spiro atoms. The standard InChI is InChI=1S/C24H41N5O2/c1-21(28-12-14-29(15-13-28)23-7-4-3-5-8-23)19-27-24(25-2)26-11-6-16-31-20-22-9-17-30-18-10-22/h3-5,7-8,21-22H,6,9-20H2,1-2H3,(H2,25,26,27). The molecule has 1 aromatic carbocycles. The van der Waals surface area contributed by atoms with Crippen LogP contribution in [-0.2, 0) is 9.47 Å². The van der Waals surface area contributed by atoms with Crippen LogP contribution < -0.4 is 15.5 Å². The summed E-state index contributed by atoms with van der Waals surface area (Å²) in [6, 6.07) is 11.2. The van der Waals surface area contributed by atoms with Crippen molar-refractivity contribution in [1.82, 2.24) is 15.5 Å². The Balaban J connectivity index is 1.24. The molecule has 7 heteroatoms. The molecule has 7 nitrogen and oxygen atoms in total. The number of hydrogen-bond donors (Lipinski definition) is 2. The first-order valence-electron chi connectivity index (χ1n) is 11.9. The molecule has 3 rings (SSSR count). The van der Waals surface area contributed by atoms with Crippen molar-refractivity contribution in [2.24, 2.45) is 10.9 Å². The fourth-order valence-electron chi connectivity index (χ4n) is 4.20. The van der Waals surface area contributed by atoms with Crippen LogP contribution in [0.15, 0.2) is 35.3 Å². The Kier molecular flexibility index (Phi) is 10.4. The molecule has 2 N–H and O–H groups in total. The summed E-state index contributed by atoms with van der Waals surface area (Å²) in [5.41, 5.74) is 1.33. The summed E-state index contributed by atoms with van der Waals surface area (Å²) in [4.78, 5) is 9.39. The van der Waals surface area contributed by atoms with E-state index in [9.17, 15) is 0 Å². The van der Waals surface area contributed by atoms with Gasteiger partial charge in [0.05, 0.1) is 0 Å². The Morgan fingerprint density at radius 1 is 1.13 bits per heavy atom. The van der Waals surface area contributed by atoms with E-state index in [2.05, 4.69) is 62.7 Å². The van der Waals surface area contributed by atoms with Gasteiger partial charge in [-0.25, -0.2) is 0 Å². The SMILES string of the molecule is CN=C(NCCCOCC1CCOCC1)NCC(C)N1CCN(c2ccccc2)CC1. The van der Waals surface area contributed by atoms with Crippen molar-refractivity contribution < 1.29 is 9.47 Å². The molecular formula is C24H41N5O2. The van der Waals surface area contributed by atoms with Gasteiger partial charge in [0.25, 0.3) is 0 Å². The number of anilines is 1. The molecule has 2 fully saturated rings. The van der Waals surface area contributed by atoms with Gasteiger partial charge in [-0.15, -0.1) is 0 Å². The fourth-order valence-corrected chi connectivity index (χ4v) is 4.20. The number of para-hydroxylation sites is 1. The van der Waals surface area contributed by atoms with E-state index >= 15 is 0 Å². The van der Waals surface area contributed by atoms with Crippen molar-refractivity contribution in [2.75, 3.05) is 77.6 Å². The molecule has 1 aromatic rings. The van der Waals surface area contributed by atoms with Crippen molar-refractivity contribution >= 4 is 11.6 Å². The molecule has 31 heavy (non-hydrogen) atoms. The maximum atomic E-state index is 5.84. The van der Waals surface area contributed by atoms with Crippen LogP contribution in [0.3, 0.4) is 0 Å². The highest BCUT2D eigenvalue weighted by Gasteiger charge is 2.21. The molecule has 2 heterocycles. The van der Waals surface area contributed by atoms with E-state index < -0.39 is 0 Å². The summed E-state index contributed by atoms with van der Waals surface area (Å²) < 4.78 is 11.2. The number of piperazine rings is 1. The Labute approximate surface area is 188 Å². The molecular weight excluding hydrogens is 390 g/mol. The highest BCUT2D eigenvalue weighted by Crippen LogP contribution is 2.16. The molecule has 0 bridgehead atoms. The van der Waals surface area contributed by atoms with Crippen molar-refractivity contribution in [3.63, 3.8) is 0 Å². The van der Waals surface area contributed by atoms with Crippen LogP contribution in [0, 0.1) is 5.92 Å². The van der Waals surface area contributed by atoms with E-state index in [4.69, 9.17) is 9.47 Å². The third-order valence-corrected chi connectivity index (χ3v) is 6.30. The smallest absolute Gasteiger partial charge is 0.191 e. The summed E-state index contributed by atoms with van der Waals surface area (Å²) in [5, 5.41) is 6.89. The van der Waals surface area contributed by atoms with Crippen LogP contribution in [0.2, 0.25) is 0 Å². The fraction of sp³-hybridized carbons (Fsp3) is 0.708. The Morgan fingerprint density at radius 2 is 1.87 bits per heavy atom. The lowest BCUT2D eigenvalue weighted by atomic mass is 10.0. The van der Waals surface area contributed by atoms with E-state index in [-0.39, 0.29) is 0 Å². The third-order valence-electron chi connectivity index (χ3n) is 6.30. The van der Waals surface area contributed by atoms with Crippen LogP contribution in [0.4, 0.5) is 5.69 Å². The van der Waals surface area contributed by atoms with Gasteiger partial charge in [-0.05, 0) is 44.2 Å². The van der Waals surface area contributed by atoms with Gasteiger partial charge in [-0.3, -0.25) is 9.89 Å². The second-order valence-electron chi connectivity index (χ2n) is 8.57. The molecule has 1 unspecified atom stereocenters. The van der Waals surface area contributed by atoms with E-state index in [1.54, 1.807) is 0 Å². The number of rotatable bonds is 10. The van der Waals surface area contributed by atoms with Crippen LogP contribution >= 0.6 is 0 Å². The Morgan fingerprint density at radius 3 is 2.58 bits per heavy atom. The summed E-state index contributed by atoms with van der Waals surface area (Å²) in [5.74, 6) is 1.55. The van der Waals surface area contributed by atoms with Gasteiger partial charge in [0, 0.05) is 84.5 Å². The second-order valence-corrected chi connectivity index (χ2v) is 8.57. The number of nitrogens with zero attached hydrogens (tertiary/aromatic N) is 3. The predicted molar refractivity (Wildman–Crippen MR) is 128 cm³/mol. The molecule has 0 amide bonds. The first kappa shape index (κ1) is 23.8. The number of nitrogens with one attached hydrogen (secondary N) is 2. The molecule has 0 saturated carbocycles. The van der Waals surface area contributed by atoms with E-state index in [0.29, 0.717) is 12.0 Å². The summed E-state index contributed by atoms with van der Waals surface area (Å²) in [6.07, 6.45) is 3.25. The lowest BCUT2D eigenvalue weighted by molar-refractivity contribution is 0.0203. The Hall–Kier alpha value is -1.83. The number of ether oxygens (including phenoxy) is 2. The third kappa shape index (κ3) is 8.31. The van der Waals surface area contributed by atoms with Crippen molar-refractivity contribution in [1.29, 1.82) is 0 Å². The molecule has 0 aliphatic carbocycles. The van der Waals surface area contributed by atoms with Gasteiger partial charge in [0.2, 0.25) is 0 Å². The minimum absolute atomic E-state index is 0.472. The first-order valence-corrected chi connectivity index (χ1v) is 11.9. The number of aliphatic imine (C=N–C) groups is 1. The van der Waals surface area contributed by atoms with Crippen LogP contribution in [0.5, 0.6) is 0 Å². The highest BCUT2D eigenvalue weighted by molar-refractivity contribution is 5.79. The zero-order valence-electron chi connectivity index (χ0n) is 19.4. The zero-order chi connectivity index (χ0) is 21.7. The van der Waals surface area contributed by atoms with Gasteiger partial charge >= 0.3 is 0 Å². The minimum Gasteiger partial charge on any atom is -0.381 e. The van der Waals surface area contributed by atoms with Crippen molar-refractivity contribution in [2.45, 2.75) is 32.2 Å². The number of hydrogen-bond acceptors (Lipinski definition) is 5. The monoisotopic (exact) mass is 431 g/mol. The van der Waals surface area contributed by atoms with Crippen molar-refractivity contribution in [3.8, 4) is 0 Å². The molecule has 0 aromatic heterocycles. The van der Waals surface area contributed by atoms with Crippen LogP contribution in [-0.4, -0.2) is 89.6 Å². The first-order chi connectivity index (χ1) is 15.3. The normalized spacial score (nSPS) is 19.9. The maximum absolute atomic E-state index is 5.84. The highest BCUT2D eigenvalue weighted by atomic mass is 16.5. The number of guanidine groups is 1. The molecule has 0 radical (unpaired) electrons. The summed E-state index contributed by atoms with van der Waals surface area (Å²) >= 11 is 0. The maximum Gasteiger partial charge on any atom is 0.191 e. The van der Waals surface area contributed by atoms with Gasteiger partial charge in [0.15, 0.2) is 5.96 Å². The average molecular weight is 432 g/mol. The molecule has 174 valence electrons. The van der Waals surface area contributed by atoms with Crippen LogP contribution in [0.1, 0.15) is 26.2 Å². The lowest BCUT2D eigenvalue weighted by Crippen LogP contribution is -2.53. The number of benzene rings is 1. The largest absolute Gasteiger partial charge is 0.381 e. The lowest BCUT2D eigenvalue weighted by Gasteiger charge is -2.39. The summed E-state index contributed by atoms with van der Waals surface area (Å²) in [6.45, 7) is 11.8. The predicted octanol–water partition coefficient (Wildman–Crippen LogP) is 2.20. The quantitative estimate of drug-likeness (QED) is 0.336. The second kappa shape index (κ2) is 13.6. The van der Waals surface area contributed by atoms with Gasteiger partial charge in [-0.2, -0.15) is 0 Å². The molecule has 2 saturated heterocycles. The molecule has 2 aliphatic rings. The van der Waals surface area contributed by atoms with Crippen LogP contribution in [0.25, 0.3) is 0 Å². The van der Waals surface area contributed by atoms with Crippen molar-refractivity contribution in [3.05, 3.63) is 30.3 Å². The van der Waals surface area contributed by atoms with Gasteiger partial charge < -0.3 is 25.0 Å². The van der Waals surface area contributed by atoms with Gasteiger partial charge in [-0.1, -0.05) is 18.2 Å². The summed E-state index contributed by atoms with van der Waals surface area (Å²) in [7, 11) is 1.83. The van der Waals surface area contributed by atoms with E-state index in [0.717, 1.165) is 90.9 Å². The molecule has 2 aliphatic heterocycles. The van der Waals surface area contributed by atoms with Gasteiger partial charge in [0.1, 0.15) is 0 Å². The minimum atomic E-state index is 0.472.